The number of carbonyl (C=O) groups excluding carboxylic acids is 1. The van der Waals surface area contributed by atoms with E-state index in [9.17, 15) is 23.1 Å². The minimum absolute atomic E-state index is 0.0588. The molecule has 0 bridgehead atoms. The Balaban J connectivity index is 1.14. The molecule has 2 aromatic heterocycles. The van der Waals surface area contributed by atoms with Gasteiger partial charge in [-0.15, -0.1) is 0 Å². The van der Waals surface area contributed by atoms with Crippen LogP contribution >= 0.6 is 0 Å². The summed E-state index contributed by atoms with van der Waals surface area (Å²) in [5, 5.41) is 11.4. The zero-order valence-corrected chi connectivity index (χ0v) is 20.5. The van der Waals surface area contributed by atoms with E-state index >= 15 is 0 Å². The maximum Gasteiger partial charge on any atom is 0.246 e. The summed E-state index contributed by atoms with van der Waals surface area (Å²) in [4.78, 5) is 24.4. The van der Waals surface area contributed by atoms with E-state index in [1.807, 2.05) is 6.07 Å². The lowest BCUT2D eigenvalue weighted by Crippen LogP contribution is -2.50. The summed E-state index contributed by atoms with van der Waals surface area (Å²) in [6.07, 6.45) is 10.0. The molecule has 2 fully saturated rings. The molecule has 0 aliphatic carbocycles. The van der Waals surface area contributed by atoms with Gasteiger partial charge >= 0.3 is 0 Å². The quantitative estimate of drug-likeness (QED) is 0.378. The maximum atomic E-state index is 13.4. The lowest BCUT2D eigenvalue weighted by Gasteiger charge is -2.43. The Morgan fingerprint density at radius 3 is 2.49 bits per heavy atom. The molecule has 2 saturated heterocycles. The second kappa shape index (κ2) is 11.1. The number of rotatable bonds is 6. The number of aromatic nitrogens is 2. The molecule has 0 radical (unpaired) electrons. The number of hydrogen-bond acceptors (Lipinski definition) is 4. The molecule has 37 heavy (non-hydrogen) atoms. The number of carbonyl (C=O) groups is 1. The topological polar surface area (TPSA) is 72.5 Å². The molecule has 2 aliphatic heterocycles. The molecule has 5 rings (SSSR count). The van der Waals surface area contributed by atoms with Gasteiger partial charge in [0, 0.05) is 43.0 Å². The van der Waals surface area contributed by atoms with Crippen LogP contribution in [0.2, 0.25) is 0 Å². The molecule has 1 atom stereocenters. The smallest absolute Gasteiger partial charge is 0.246 e. The summed E-state index contributed by atoms with van der Waals surface area (Å²) in [5.74, 6) is -3.60. The van der Waals surface area contributed by atoms with Crippen molar-refractivity contribution in [3.8, 4) is 0 Å². The Labute approximate surface area is 213 Å². The summed E-state index contributed by atoms with van der Waals surface area (Å²) >= 11 is 0. The van der Waals surface area contributed by atoms with Crippen molar-refractivity contribution in [2.45, 2.75) is 37.6 Å². The van der Waals surface area contributed by atoms with Crippen molar-refractivity contribution in [3.63, 3.8) is 0 Å². The van der Waals surface area contributed by atoms with Crippen LogP contribution in [0.5, 0.6) is 0 Å². The van der Waals surface area contributed by atoms with Crippen LogP contribution in [0.15, 0.2) is 42.7 Å². The van der Waals surface area contributed by atoms with Crippen LogP contribution in [0, 0.1) is 23.4 Å². The molecule has 6 nitrogen and oxygen atoms in total. The highest BCUT2D eigenvalue weighted by molar-refractivity contribution is 5.91. The van der Waals surface area contributed by atoms with Crippen molar-refractivity contribution >= 4 is 23.0 Å². The third-order valence-electron chi connectivity index (χ3n) is 7.93. The fourth-order valence-electron chi connectivity index (χ4n) is 5.87. The molecule has 4 heterocycles. The third kappa shape index (κ3) is 5.43. The molecule has 1 aromatic carbocycles. The van der Waals surface area contributed by atoms with E-state index in [2.05, 4.69) is 27.1 Å². The van der Waals surface area contributed by atoms with Gasteiger partial charge in [0.2, 0.25) is 5.91 Å². The van der Waals surface area contributed by atoms with Gasteiger partial charge in [-0.25, -0.2) is 18.2 Å². The van der Waals surface area contributed by atoms with Crippen molar-refractivity contribution < 1.29 is 23.1 Å². The molecule has 0 saturated carbocycles. The van der Waals surface area contributed by atoms with Crippen molar-refractivity contribution in [2.75, 3.05) is 32.8 Å². The molecule has 196 valence electrons. The molecule has 1 amide bonds. The Morgan fingerprint density at radius 2 is 1.81 bits per heavy atom. The van der Waals surface area contributed by atoms with Gasteiger partial charge in [-0.2, -0.15) is 0 Å². The van der Waals surface area contributed by atoms with E-state index in [0.29, 0.717) is 19.0 Å². The summed E-state index contributed by atoms with van der Waals surface area (Å²) in [7, 11) is 0. The summed E-state index contributed by atoms with van der Waals surface area (Å²) in [5.41, 5.74) is 2.32. The first-order valence-electron chi connectivity index (χ1n) is 12.8. The number of hydrogen-bond donors (Lipinski definition) is 2. The number of nitrogens with one attached hydrogen (secondary N) is 1. The van der Waals surface area contributed by atoms with Gasteiger partial charge in [0.1, 0.15) is 5.65 Å². The number of aliphatic hydroxyl groups is 1. The minimum atomic E-state index is -1.52. The number of benzene rings is 1. The van der Waals surface area contributed by atoms with Crippen LogP contribution in [0.3, 0.4) is 0 Å². The van der Waals surface area contributed by atoms with Crippen LogP contribution in [-0.4, -0.2) is 69.6 Å². The standard InChI is InChI=1S/C28H31F3N4O2/c29-23-14-18(15-24(30)27(23)31)3-4-26(37)35-12-7-20(8-13-35)25(17-36)34-10-5-19(6-11-34)22-16-33-28-21(22)2-1-9-32-28/h1-4,9,14-16,19-20,25,36H,5-8,10-13,17H2,(H,32,33). The zero-order chi connectivity index (χ0) is 25.9. The van der Waals surface area contributed by atoms with Crippen LogP contribution in [-0.2, 0) is 4.79 Å². The van der Waals surface area contributed by atoms with E-state index in [-0.39, 0.29) is 30.0 Å². The van der Waals surface area contributed by atoms with Crippen molar-refractivity contribution in [1.29, 1.82) is 0 Å². The Bertz CT molecular complexity index is 1250. The second-order valence-corrected chi connectivity index (χ2v) is 10.00. The number of amides is 1. The Morgan fingerprint density at radius 1 is 1.11 bits per heavy atom. The molecular weight excluding hydrogens is 481 g/mol. The number of piperidine rings is 2. The van der Waals surface area contributed by atoms with Gasteiger partial charge in [-0.1, -0.05) is 0 Å². The van der Waals surface area contributed by atoms with Crippen LogP contribution < -0.4 is 0 Å². The third-order valence-corrected chi connectivity index (χ3v) is 7.93. The lowest BCUT2D eigenvalue weighted by atomic mass is 9.85. The van der Waals surface area contributed by atoms with E-state index < -0.39 is 17.5 Å². The van der Waals surface area contributed by atoms with Crippen LogP contribution in [0.25, 0.3) is 17.1 Å². The number of aromatic amines is 1. The highest BCUT2D eigenvalue weighted by Gasteiger charge is 2.34. The summed E-state index contributed by atoms with van der Waals surface area (Å²) in [6, 6.07) is 5.85. The van der Waals surface area contributed by atoms with Gasteiger partial charge in [0.25, 0.3) is 0 Å². The highest BCUT2D eigenvalue weighted by Crippen LogP contribution is 2.35. The SMILES string of the molecule is O=C(C=Cc1cc(F)c(F)c(F)c1)N1CCC(C(CO)N2CCC(c3c[nH]c4ncccc34)CC2)CC1. The number of H-pyrrole nitrogens is 1. The molecule has 9 heteroatoms. The maximum absolute atomic E-state index is 13.4. The Kier molecular flexibility index (Phi) is 7.62. The number of pyridine rings is 1. The Hall–Kier alpha value is -3.17. The van der Waals surface area contributed by atoms with E-state index in [4.69, 9.17) is 0 Å². The average molecular weight is 513 g/mol. The molecule has 2 aliphatic rings. The molecular formula is C28H31F3N4O2. The van der Waals surface area contributed by atoms with Gasteiger partial charge in [0.15, 0.2) is 17.5 Å². The number of likely N-dealkylation sites (tertiary alicyclic amines) is 2. The van der Waals surface area contributed by atoms with Crippen molar-refractivity contribution in [3.05, 3.63) is 71.3 Å². The number of fused-ring (bicyclic) bond motifs is 1. The first-order valence-corrected chi connectivity index (χ1v) is 12.8. The van der Waals surface area contributed by atoms with Crippen molar-refractivity contribution in [1.82, 2.24) is 19.8 Å². The van der Waals surface area contributed by atoms with Gasteiger partial charge in [-0.05, 0) is 92.1 Å². The largest absolute Gasteiger partial charge is 0.395 e. The molecule has 1 unspecified atom stereocenters. The lowest BCUT2D eigenvalue weighted by molar-refractivity contribution is -0.127. The van der Waals surface area contributed by atoms with Crippen LogP contribution in [0.4, 0.5) is 13.2 Å². The minimum Gasteiger partial charge on any atom is -0.395 e. The first-order chi connectivity index (χ1) is 17.9. The number of nitrogens with zero attached hydrogens (tertiary/aromatic N) is 3. The summed E-state index contributed by atoms with van der Waals surface area (Å²) < 4.78 is 39.9. The van der Waals surface area contributed by atoms with Gasteiger partial charge in [-0.3, -0.25) is 9.69 Å². The summed E-state index contributed by atoms with van der Waals surface area (Å²) in [6.45, 7) is 3.01. The molecule has 3 aromatic rings. The first kappa shape index (κ1) is 25.5. The fourth-order valence-corrected chi connectivity index (χ4v) is 5.87. The zero-order valence-electron chi connectivity index (χ0n) is 20.5. The van der Waals surface area contributed by atoms with Crippen LogP contribution in [0.1, 0.15) is 42.7 Å². The predicted molar refractivity (Wildman–Crippen MR) is 135 cm³/mol. The molecule has 2 N–H and O–H groups in total. The van der Waals surface area contributed by atoms with Gasteiger partial charge < -0.3 is 15.0 Å². The van der Waals surface area contributed by atoms with E-state index in [1.165, 1.54) is 23.1 Å². The number of aliphatic hydroxyl groups excluding tert-OH is 1. The highest BCUT2D eigenvalue weighted by atomic mass is 19.2. The second-order valence-electron chi connectivity index (χ2n) is 10.00. The van der Waals surface area contributed by atoms with E-state index in [1.54, 1.807) is 11.1 Å². The molecule has 0 spiro atoms. The normalized spacial score (nSPS) is 19.2. The van der Waals surface area contributed by atoms with Gasteiger partial charge in [0.05, 0.1) is 6.61 Å². The fraction of sp³-hybridized carbons (Fsp3) is 0.429. The average Bonchev–Trinajstić information content (AvgIpc) is 3.36. The van der Waals surface area contributed by atoms with E-state index in [0.717, 1.165) is 56.6 Å². The van der Waals surface area contributed by atoms with Crippen molar-refractivity contribution in [2.24, 2.45) is 5.92 Å². The number of halogens is 3. The monoisotopic (exact) mass is 512 g/mol. The predicted octanol–water partition coefficient (Wildman–Crippen LogP) is 4.47.